The van der Waals surface area contributed by atoms with Gasteiger partial charge in [-0.25, -0.2) is 0 Å². The molecule has 5 aromatic carbocycles. The molecule has 0 radical (unpaired) electrons. The SMILES string of the molecule is CCc1ccc2c(c1-c1ccccc1-c1ccccc1)C=C(C(C)(C)C)[CH]2[Zr]([Cl])([Cl])[c]1cccc2c1[SiH2]c1ccccc1-2. The van der Waals surface area contributed by atoms with E-state index in [9.17, 15) is 0 Å². The van der Waals surface area contributed by atoms with Crippen molar-refractivity contribution in [1.29, 1.82) is 0 Å². The molecule has 7 rings (SSSR count). The summed E-state index contributed by atoms with van der Waals surface area (Å²) >= 11 is -4.09. The molecule has 0 aromatic heterocycles. The van der Waals surface area contributed by atoms with Crippen LogP contribution in [0.5, 0.6) is 0 Å². The third kappa shape index (κ3) is 4.90. The minimum absolute atomic E-state index is 0.0467. The Morgan fingerprint density at radius 2 is 1.35 bits per heavy atom. The van der Waals surface area contributed by atoms with Gasteiger partial charge in [-0.15, -0.1) is 0 Å². The van der Waals surface area contributed by atoms with Crippen molar-refractivity contribution in [3.8, 4) is 33.4 Å². The number of allylic oxidation sites excluding steroid dienone is 1. The van der Waals surface area contributed by atoms with Crippen LogP contribution < -0.4 is 13.6 Å². The fourth-order valence-electron chi connectivity index (χ4n) is 7.34. The van der Waals surface area contributed by atoms with E-state index in [0.717, 1.165) is 6.42 Å². The summed E-state index contributed by atoms with van der Waals surface area (Å²) in [6, 6.07) is 40.0. The maximum atomic E-state index is 7.98. The van der Waals surface area contributed by atoms with Gasteiger partial charge in [0.2, 0.25) is 0 Å². The Hall–Kier alpha value is -2.48. The van der Waals surface area contributed by atoms with Crippen LogP contribution in [0.4, 0.5) is 0 Å². The first-order chi connectivity index (χ1) is 20.7. The van der Waals surface area contributed by atoms with Gasteiger partial charge in [-0.2, -0.15) is 0 Å². The average molecular weight is 695 g/mol. The standard InChI is InChI=1S/C27H27.C12H9Si.2ClH.Zr/c1-5-19-15-16-21-17-22(27(2,3)4)18-25(21)26(19)24-14-10-9-13-23(24)20-11-7-6-8-12-20;1-3-7-11-9(5-1)10-6-2-4-8-12(10)13-11;;;/h6-18H,5H2,1-4H3;1-7H,13H2;2*1H;/q;;;;+2/p-2. The van der Waals surface area contributed by atoms with Gasteiger partial charge >= 0.3 is 272 Å². The Bertz CT molecular complexity index is 1900. The van der Waals surface area contributed by atoms with Gasteiger partial charge in [0, 0.05) is 0 Å². The molecule has 214 valence electrons. The summed E-state index contributed by atoms with van der Waals surface area (Å²) < 4.78 is 1.34. The molecule has 4 heteroatoms. The number of aryl methyl sites for hydroxylation is 1. The fourth-order valence-corrected chi connectivity index (χ4v) is 24.5. The molecule has 1 aliphatic heterocycles. The Morgan fingerprint density at radius 3 is 2.07 bits per heavy atom. The van der Waals surface area contributed by atoms with Crippen LogP contribution in [0.2, 0.25) is 0 Å². The summed E-state index contributed by atoms with van der Waals surface area (Å²) in [6.07, 6.45) is 3.43. The van der Waals surface area contributed by atoms with Gasteiger partial charge in [0.1, 0.15) is 0 Å². The molecule has 0 amide bonds. The summed E-state index contributed by atoms with van der Waals surface area (Å²) in [5.41, 5.74) is 13.1. The van der Waals surface area contributed by atoms with Crippen LogP contribution in [-0.2, 0) is 24.3 Å². The second-order valence-corrected chi connectivity index (χ2v) is 28.8. The van der Waals surface area contributed by atoms with Gasteiger partial charge in [-0.05, 0) is 0 Å². The first-order valence-corrected chi connectivity index (χ1v) is 25.7. The number of hydrogen-bond donors (Lipinski definition) is 0. The van der Waals surface area contributed by atoms with E-state index in [1.165, 1.54) is 69.3 Å². The van der Waals surface area contributed by atoms with Crippen LogP contribution in [0.15, 0.2) is 115 Å². The number of rotatable bonds is 5. The van der Waals surface area contributed by atoms with E-state index in [4.69, 9.17) is 17.0 Å². The third-order valence-electron chi connectivity index (χ3n) is 9.39. The Labute approximate surface area is 270 Å². The van der Waals surface area contributed by atoms with Crippen molar-refractivity contribution < 1.29 is 17.9 Å². The molecule has 2 aliphatic rings. The number of fused-ring (bicyclic) bond motifs is 4. The molecule has 1 atom stereocenters. The van der Waals surface area contributed by atoms with E-state index in [1.807, 2.05) is 0 Å². The number of hydrogen-bond acceptors (Lipinski definition) is 0. The van der Waals surface area contributed by atoms with Crippen molar-refractivity contribution in [2.24, 2.45) is 5.41 Å². The molecule has 1 unspecified atom stereocenters. The van der Waals surface area contributed by atoms with Crippen LogP contribution >= 0.6 is 17.0 Å². The Balaban J connectivity index is 1.45. The van der Waals surface area contributed by atoms with Crippen LogP contribution in [0.25, 0.3) is 39.5 Å². The van der Waals surface area contributed by atoms with Crippen LogP contribution in [-0.4, -0.2) is 9.52 Å². The van der Waals surface area contributed by atoms with E-state index >= 15 is 0 Å². The summed E-state index contributed by atoms with van der Waals surface area (Å²) in [4.78, 5) is 0. The molecule has 0 saturated heterocycles. The van der Waals surface area contributed by atoms with Gasteiger partial charge < -0.3 is 0 Å². The van der Waals surface area contributed by atoms with Crippen molar-refractivity contribution >= 4 is 46.3 Å². The third-order valence-corrected chi connectivity index (χ3v) is 23.6. The molecule has 0 fully saturated rings. The molecule has 0 nitrogen and oxygen atoms in total. The summed E-state index contributed by atoms with van der Waals surface area (Å²) in [7, 11) is 15.3. The van der Waals surface area contributed by atoms with Gasteiger partial charge in [-0.3, -0.25) is 0 Å². The van der Waals surface area contributed by atoms with Gasteiger partial charge in [0.05, 0.1) is 0 Å². The van der Waals surface area contributed by atoms with Crippen LogP contribution in [0, 0.1) is 5.41 Å². The first kappa shape index (κ1) is 29.2. The molecule has 1 heterocycles. The van der Waals surface area contributed by atoms with Crippen molar-refractivity contribution in [2.75, 3.05) is 0 Å². The molecule has 0 spiro atoms. The number of halogens is 2. The van der Waals surface area contributed by atoms with E-state index in [0.29, 0.717) is 0 Å². The molecule has 1 aliphatic carbocycles. The van der Waals surface area contributed by atoms with E-state index in [-0.39, 0.29) is 9.04 Å². The molecule has 0 N–H and O–H groups in total. The summed E-state index contributed by atoms with van der Waals surface area (Å²) in [5, 5.41) is 2.98. The summed E-state index contributed by atoms with van der Waals surface area (Å²) in [5.74, 6) is 0. The molecule has 5 aromatic rings. The van der Waals surface area contributed by atoms with Crippen molar-refractivity contribution in [3.05, 3.63) is 131 Å². The van der Waals surface area contributed by atoms with E-state index < -0.39 is 27.4 Å². The van der Waals surface area contributed by atoms with Gasteiger partial charge in [0.25, 0.3) is 0 Å². The van der Waals surface area contributed by atoms with Crippen LogP contribution in [0.3, 0.4) is 0 Å². The van der Waals surface area contributed by atoms with E-state index in [1.54, 1.807) is 0 Å². The zero-order valence-electron chi connectivity index (χ0n) is 25.2. The zero-order chi connectivity index (χ0) is 29.9. The van der Waals surface area contributed by atoms with Crippen molar-refractivity contribution in [2.45, 2.75) is 37.7 Å². The monoisotopic (exact) mass is 692 g/mol. The molecule has 0 saturated carbocycles. The predicted octanol–water partition coefficient (Wildman–Crippen LogP) is 8.95. The topological polar surface area (TPSA) is 0 Å². The van der Waals surface area contributed by atoms with Crippen molar-refractivity contribution in [1.82, 2.24) is 0 Å². The molecular formula is C39H36Cl2SiZr. The molecule has 0 bridgehead atoms. The predicted molar refractivity (Wildman–Crippen MR) is 188 cm³/mol. The second-order valence-electron chi connectivity index (χ2n) is 12.9. The van der Waals surface area contributed by atoms with Gasteiger partial charge in [-0.1, -0.05) is 0 Å². The first-order valence-electron chi connectivity index (χ1n) is 15.3. The minimum atomic E-state index is -4.09. The maximum absolute atomic E-state index is 7.98. The van der Waals surface area contributed by atoms with Crippen molar-refractivity contribution in [3.63, 3.8) is 0 Å². The molecule has 43 heavy (non-hydrogen) atoms. The summed E-state index contributed by atoms with van der Waals surface area (Å²) in [6.45, 7) is 9.24. The zero-order valence-corrected chi connectivity index (χ0v) is 30.6. The molecular weight excluding hydrogens is 659 g/mol. The number of benzene rings is 5. The normalized spacial score (nSPS) is 16.1. The van der Waals surface area contributed by atoms with E-state index in [2.05, 4.69) is 143 Å². The fraction of sp³-hybridized carbons (Fsp3) is 0.179. The second kappa shape index (κ2) is 11.1. The Morgan fingerprint density at radius 1 is 0.698 bits per heavy atom. The van der Waals surface area contributed by atoms with Gasteiger partial charge in [0.15, 0.2) is 0 Å². The quantitative estimate of drug-likeness (QED) is 0.158. The Kier molecular flexibility index (Phi) is 7.58. The van der Waals surface area contributed by atoms with Crippen LogP contribution in [0.1, 0.15) is 48.0 Å². The average Bonchev–Trinajstić information content (AvgIpc) is 3.61.